The van der Waals surface area contributed by atoms with Gasteiger partial charge in [-0.15, -0.1) is 11.3 Å². The number of fused-ring (bicyclic) bond motifs is 1. The smallest absolute Gasteiger partial charge is 0.254 e. The van der Waals surface area contributed by atoms with Gasteiger partial charge in [0.25, 0.3) is 5.91 Å². The van der Waals surface area contributed by atoms with E-state index in [2.05, 4.69) is 24.4 Å². The Morgan fingerprint density at radius 2 is 1.97 bits per heavy atom. The van der Waals surface area contributed by atoms with Crippen LogP contribution in [0, 0.1) is 13.8 Å². The predicted molar refractivity (Wildman–Crippen MR) is 145 cm³/mol. The Kier molecular flexibility index (Phi) is 7.91. The third kappa shape index (κ3) is 5.89. The number of rotatable bonds is 8. The molecule has 3 aromatic rings. The van der Waals surface area contributed by atoms with Crippen LogP contribution >= 0.6 is 11.3 Å². The van der Waals surface area contributed by atoms with Crippen LogP contribution in [-0.2, 0) is 16.0 Å². The number of hydrogen-bond donors (Lipinski definition) is 0. The van der Waals surface area contributed by atoms with Gasteiger partial charge >= 0.3 is 0 Å². The normalized spacial score (nSPS) is 18.9. The molecule has 0 bridgehead atoms. The number of thiophene rings is 1. The molecule has 1 saturated heterocycles. The van der Waals surface area contributed by atoms with Gasteiger partial charge in [0.1, 0.15) is 18.9 Å². The van der Waals surface area contributed by atoms with Crippen molar-refractivity contribution in [2.24, 2.45) is 0 Å². The van der Waals surface area contributed by atoms with Crippen LogP contribution < -0.4 is 4.74 Å². The number of carbonyl (C=O) groups excluding carboxylic acids is 2. The van der Waals surface area contributed by atoms with E-state index in [0.717, 1.165) is 36.1 Å². The first-order valence-corrected chi connectivity index (χ1v) is 13.9. The zero-order valence-corrected chi connectivity index (χ0v) is 22.3. The standard InChI is InChI=1S/C30H34N2O4S/c1-21-10-11-27(22(2)17-21)36-20-26-25-13-16-37-28(25)12-14-32(26)29(33)19-31(18-24-9-6-15-35-24)30(34)23-7-4-3-5-8-23/h3-5,7-8,10-11,13,16-17,24,26H,6,9,12,14-15,18-20H2,1-2H3/t24-,26-/m1/s1. The van der Waals surface area contributed by atoms with Crippen LogP contribution in [0.25, 0.3) is 0 Å². The van der Waals surface area contributed by atoms with Crippen molar-refractivity contribution in [3.8, 4) is 5.75 Å². The molecule has 1 aromatic heterocycles. The van der Waals surface area contributed by atoms with Crippen molar-refractivity contribution in [2.75, 3.05) is 32.8 Å². The molecule has 0 aliphatic carbocycles. The molecule has 1 fully saturated rings. The molecule has 2 amide bonds. The van der Waals surface area contributed by atoms with Crippen LogP contribution in [0.5, 0.6) is 5.75 Å². The minimum absolute atomic E-state index is 0.0209. The summed E-state index contributed by atoms with van der Waals surface area (Å²) in [6.45, 7) is 6.23. The predicted octanol–water partition coefficient (Wildman–Crippen LogP) is 5.19. The van der Waals surface area contributed by atoms with E-state index in [4.69, 9.17) is 9.47 Å². The maximum absolute atomic E-state index is 13.8. The fraction of sp³-hybridized carbons (Fsp3) is 0.400. The second kappa shape index (κ2) is 11.5. The van der Waals surface area contributed by atoms with Crippen molar-refractivity contribution >= 4 is 23.2 Å². The fourth-order valence-electron chi connectivity index (χ4n) is 5.28. The highest BCUT2D eigenvalue weighted by Gasteiger charge is 2.34. The van der Waals surface area contributed by atoms with Gasteiger partial charge in [0.15, 0.2) is 0 Å². The van der Waals surface area contributed by atoms with Gasteiger partial charge in [0.05, 0.1) is 12.1 Å². The summed E-state index contributed by atoms with van der Waals surface area (Å²) >= 11 is 1.73. The highest BCUT2D eigenvalue weighted by Crippen LogP contribution is 2.34. The van der Waals surface area contributed by atoms with Crippen molar-refractivity contribution in [2.45, 2.75) is 45.3 Å². The summed E-state index contributed by atoms with van der Waals surface area (Å²) in [6, 6.07) is 17.2. The summed E-state index contributed by atoms with van der Waals surface area (Å²) < 4.78 is 12.1. The van der Waals surface area contributed by atoms with E-state index < -0.39 is 0 Å². The molecule has 0 saturated carbocycles. The molecule has 2 aliphatic rings. The second-order valence-corrected chi connectivity index (χ2v) is 10.9. The Balaban J connectivity index is 1.35. The van der Waals surface area contributed by atoms with Crippen LogP contribution in [0.1, 0.15) is 50.8 Å². The minimum atomic E-state index is -0.195. The average Bonchev–Trinajstić information content (AvgIpc) is 3.60. The highest BCUT2D eigenvalue weighted by atomic mass is 32.1. The van der Waals surface area contributed by atoms with Crippen LogP contribution in [-0.4, -0.2) is 60.6 Å². The Bertz CT molecular complexity index is 1240. The van der Waals surface area contributed by atoms with Crippen molar-refractivity contribution in [1.82, 2.24) is 9.80 Å². The van der Waals surface area contributed by atoms with Gasteiger partial charge in [-0.05, 0) is 73.9 Å². The van der Waals surface area contributed by atoms with Crippen molar-refractivity contribution in [3.63, 3.8) is 0 Å². The molecule has 5 rings (SSSR count). The molecule has 2 atom stereocenters. The number of aryl methyl sites for hydroxylation is 2. The Morgan fingerprint density at radius 1 is 1.14 bits per heavy atom. The van der Waals surface area contributed by atoms with Crippen molar-refractivity contribution in [1.29, 1.82) is 0 Å². The number of benzene rings is 2. The monoisotopic (exact) mass is 518 g/mol. The molecular weight excluding hydrogens is 484 g/mol. The SMILES string of the molecule is Cc1ccc(OC[C@@H]2c3ccsc3CCN2C(=O)CN(C[C@H]2CCCO2)C(=O)c2ccccc2)c(C)c1. The third-order valence-corrected chi connectivity index (χ3v) is 8.22. The van der Waals surface area contributed by atoms with Gasteiger partial charge in [-0.25, -0.2) is 0 Å². The number of hydrogen-bond acceptors (Lipinski definition) is 5. The molecule has 7 heteroatoms. The molecule has 0 N–H and O–H groups in total. The molecular formula is C30H34N2O4S. The maximum Gasteiger partial charge on any atom is 0.254 e. The van der Waals surface area contributed by atoms with E-state index >= 15 is 0 Å². The highest BCUT2D eigenvalue weighted by molar-refractivity contribution is 7.10. The van der Waals surface area contributed by atoms with Gasteiger partial charge in [-0.1, -0.05) is 35.9 Å². The van der Waals surface area contributed by atoms with Crippen LogP contribution in [0.2, 0.25) is 0 Å². The average molecular weight is 519 g/mol. The lowest BCUT2D eigenvalue weighted by Crippen LogP contribution is -2.49. The van der Waals surface area contributed by atoms with Crippen LogP contribution in [0.3, 0.4) is 0 Å². The Morgan fingerprint density at radius 3 is 2.73 bits per heavy atom. The van der Waals surface area contributed by atoms with Gasteiger partial charge in [-0.3, -0.25) is 9.59 Å². The molecule has 2 aromatic carbocycles. The summed E-state index contributed by atoms with van der Waals surface area (Å²) in [5, 5.41) is 2.09. The van der Waals surface area contributed by atoms with E-state index in [-0.39, 0.29) is 30.5 Å². The fourth-order valence-corrected chi connectivity index (χ4v) is 6.20. The van der Waals surface area contributed by atoms with Crippen LogP contribution in [0.4, 0.5) is 0 Å². The van der Waals surface area contributed by atoms with E-state index in [0.29, 0.717) is 31.9 Å². The van der Waals surface area contributed by atoms with E-state index in [1.54, 1.807) is 28.4 Å². The lowest BCUT2D eigenvalue weighted by Gasteiger charge is -2.37. The summed E-state index contributed by atoms with van der Waals surface area (Å²) in [5.74, 6) is 0.633. The number of ether oxygens (including phenoxy) is 2. The van der Waals surface area contributed by atoms with Gasteiger partial charge < -0.3 is 19.3 Å². The molecule has 0 spiro atoms. The second-order valence-electron chi connectivity index (χ2n) is 9.92. The quantitative estimate of drug-likeness (QED) is 0.412. The first-order valence-electron chi connectivity index (χ1n) is 13.0. The lowest BCUT2D eigenvalue weighted by atomic mass is 10.00. The topological polar surface area (TPSA) is 59.1 Å². The zero-order chi connectivity index (χ0) is 25.8. The molecule has 0 unspecified atom stereocenters. The van der Waals surface area contributed by atoms with Gasteiger partial charge in [-0.2, -0.15) is 0 Å². The summed E-state index contributed by atoms with van der Waals surface area (Å²) in [6.07, 6.45) is 2.67. The Hall–Kier alpha value is -3.16. The molecule has 194 valence electrons. The molecule has 3 heterocycles. The van der Waals surface area contributed by atoms with E-state index in [1.165, 1.54) is 10.4 Å². The number of nitrogens with zero attached hydrogens (tertiary/aromatic N) is 2. The number of carbonyl (C=O) groups is 2. The zero-order valence-electron chi connectivity index (χ0n) is 21.5. The van der Waals surface area contributed by atoms with Gasteiger partial charge in [0, 0.05) is 30.1 Å². The summed E-state index contributed by atoms with van der Waals surface area (Å²) in [5.41, 5.74) is 4.00. The third-order valence-electron chi connectivity index (χ3n) is 7.22. The minimum Gasteiger partial charge on any atom is -0.491 e. The van der Waals surface area contributed by atoms with E-state index in [9.17, 15) is 9.59 Å². The maximum atomic E-state index is 13.8. The van der Waals surface area contributed by atoms with E-state index in [1.807, 2.05) is 42.2 Å². The van der Waals surface area contributed by atoms with Crippen molar-refractivity contribution < 1.29 is 19.1 Å². The van der Waals surface area contributed by atoms with Gasteiger partial charge in [0.2, 0.25) is 5.91 Å². The lowest BCUT2D eigenvalue weighted by molar-refractivity contribution is -0.135. The Labute approximate surface area is 222 Å². The van der Waals surface area contributed by atoms with Crippen molar-refractivity contribution in [3.05, 3.63) is 87.1 Å². The molecule has 2 aliphatic heterocycles. The summed E-state index contributed by atoms with van der Waals surface area (Å²) in [4.78, 5) is 32.1. The van der Waals surface area contributed by atoms with Crippen LogP contribution in [0.15, 0.2) is 60.0 Å². The molecule has 37 heavy (non-hydrogen) atoms. The first kappa shape index (κ1) is 25.5. The molecule has 0 radical (unpaired) electrons. The first-order chi connectivity index (χ1) is 18.0. The summed E-state index contributed by atoms with van der Waals surface area (Å²) in [7, 11) is 0. The number of amides is 2. The molecule has 6 nitrogen and oxygen atoms in total. The largest absolute Gasteiger partial charge is 0.491 e.